The molecule has 1 aliphatic rings. The molecule has 0 radical (unpaired) electrons. The molecule has 2 rings (SSSR count). The summed E-state index contributed by atoms with van der Waals surface area (Å²) < 4.78 is 26.1. The van der Waals surface area contributed by atoms with E-state index in [-0.39, 0.29) is 0 Å². The van der Waals surface area contributed by atoms with Crippen molar-refractivity contribution in [3.63, 3.8) is 0 Å². The van der Waals surface area contributed by atoms with Crippen LogP contribution in [0.3, 0.4) is 0 Å². The molecule has 2 heterocycles. The van der Waals surface area contributed by atoms with Crippen LogP contribution in [0.2, 0.25) is 0 Å². The van der Waals surface area contributed by atoms with Crippen molar-refractivity contribution in [1.29, 1.82) is 0 Å². The van der Waals surface area contributed by atoms with Crippen LogP contribution in [-0.2, 0) is 15.9 Å². The van der Waals surface area contributed by atoms with E-state index in [1.165, 1.54) is 28.5 Å². The third-order valence-electron chi connectivity index (χ3n) is 3.40. The first-order chi connectivity index (χ1) is 9.04. The quantitative estimate of drug-likeness (QED) is 0.754. The van der Waals surface area contributed by atoms with Gasteiger partial charge in [0, 0.05) is 30.4 Å². The Hall–Kier alpha value is -0.140. The second kappa shape index (κ2) is 6.54. The number of hydrogen-bond acceptors (Lipinski definition) is 4. The van der Waals surface area contributed by atoms with Crippen molar-refractivity contribution in [2.75, 3.05) is 33.2 Å². The summed E-state index contributed by atoms with van der Waals surface area (Å²) in [7, 11) is -1.72. The maximum atomic E-state index is 12.3. The second-order valence-electron chi connectivity index (χ2n) is 4.76. The highest BCUT2D eigenvalue weighted by Crippen LogP contribution is 2.23. The van der Waals surface area contributed by atoms with E-state index in [1.807, 2.05) is 0 Å². The lowest BCUT2D eigenvalue weighted by atomic mass is 10.4. The molecule has 4 nitrogen and oxygen atoms in total. The third kappa shape index (κ3) is 3.70. The molecule has 0 unspecified atom stereocenters. The number of hydrogen-bond donors (Lipinski definition) is 0. The highest BCUT2D eigenvalue weighted by Gasteiger charge is 2.23. The first kappa shape index (κ1) is 15.3. The molecule has 0 aromatic carbocycles. The van der Waals surface area contributed by atoms with Crippen LogP contribution >= 0.6 is 22.9 Å². The molecule has 7 heteroatoms. The first-order valence-corrected chi connectivity index (χ1v) is 9.21. The molecule has 1 aliphatic heterocycles. The fraction of sp³-hybridized carbons (Fsp3) is 0.667. The van der Waals surface area contributed by atoms with E-state index in [9.17, 15) is 8.42 Å². The minimum absolute atomic E-state index is 0.358. The van der Waals surface area contributed by atoms with Gasteiger partial charge in [0.2, 0.25) is 10.0 Å². The average Bonchev–Trinajstić information content (AvgIpc) is 3.06. The van der Waals surface area contributed by atoms with Crippen LogP contribution < -0.4 is 0 Å². The average molecular weight is 323 g/mol. The molecule has 1 fully saturated rings. The summed E-state index contributed by atoms with van der Waals surface area (Å²) in [6.45, 7) is 3.52. The molecule has 0 saturated carbocycles. The highest BCUT2D eigenvalue weighted by molar-refractivity contribution is 7.89. The molecular formula is C12H19ClN2O2S2. The maximum Gasteiger partial charge on any atom is 0.243 e. The summed E-state index contributed by atoms with van der Waals surface area (Å²) in [6, 6.07) is 1.67. The van der Waals surface area contributed by atoms with Gasteiger partial charge in [0.15, 0.2) is 0 Å². The van der Waals surface area contributed by atoms with Crippen molar-refractivity contribution in [2.24, 2.45) is 0 Å². The standard InChI is InChI=1S/C12H19ClN2O2S2/c1-14(6-7-15-4-2-3-5-15)19(16,17)12-8-11(9-13)18-10-12/h8,10H,2-7,9H2,1H3. The summed E-state index contributed by atoms with van der Waals surface area (Å²) in [4.78, 5) is 3.55. The number of thiophene rings is 1. The van der Waals surface area contributed by atoms with Crippen molar-refractivity contribution in [2.45, 2.75) is 23.6 Å². The first-order valence-electron chi connectivity index (χ1n) is 6.36. The Labute approximate surface area is 124 Å². The number of sulfonamides is 1. The lowest BCUT2D eigenvalue weighted by Gasteiger charge is -2.20. The van der Waals surface area contributed by atoms with Crippen LogP contribution in [0.15, 0.2) is 16.3 Å². The zero-order chi connectivity index (χ0) is 13.9. The van der Waals surface area contributed by atoms with Crippen molar-refractivity contribution in [3.05, 3.63) is 16.3 Å². The molecule has 1 aromatic heterocycles. The van der Waals surface area contributed by atoms with E-state index in [1.54, 1.807) is 18.5 Å². The van der Waals surface area contributed by atoms with Gasteiger partial charge < -0.3 is 4.90 Å². The Bertz CT molecular complexity index is 510. The molecule has 0 aliphatic carbocycles. The summed E-state index contributed by atoms with van der Waals surface area (Å²) in [5.74, 6) is 0.359. The lowest BCUT2D eigenvalue weighted by Crippen LogP contribution is -2.35. The minimum atomic E-state index is -3.36. The van der Waals surface area contributed by atoms with Crippen LogP contribution in [0.1, 0.15) is 17.7 Å². The third-order valence-corrected chi connectivity index (χ3v) is 6.77. The molecule has 0 amide bonds. The van der Waals surface area contributed by atoms with Gasteiger partial charge in [-0.25, -0.2) is 8.42 Å². The number of rotatable bonds is 6. The van der Waals surface area contributed by atoms with Gasteiger partial charge in [0.25, 0.3) is 0 Å². The summed E-state index contributed by atoms with van der Waals surface area (Å²) in [6.07, 6.45) is 2.44. The molecule has 1 aromatic rings. The predicted octanol–water partition coefficient (Wildman–Crippen LogP) is 2.20. The zero-order valence-electron chi connectivity index (χ0n) is 11.0. The molecule has 108 valence electrons. The van der Waals surface area contributed by atoms with Gasteiger partial charge in [0.1, 0.15) is 0 Å². The predicted molar refractivity (Wildman–Crippen MR) is 79.4 cm³/mol. The largest absolute Gasteiger partial charge is 0.302 e. The summed E-state index contributed by atoms with van der Waals surface area (Å²) in [5.41, 5.74) is 0. The van der Waals surface area contributed by atoms with Gasteiger partial charge in [-0.2, -0.15) is 4.31 Å². The molecular weight excluding hydrogens is 304 g/mol. The Balaban J connectivity index is 1.97. The van der Waals surface area contributed by atoms with Crippen molar-refractivity contribution >= 4 is 33.0 Å². The van der Waals surface area contributed by atoms with Gasteiger partial charge in [0.05, 0.1) is 10.8 Å². The number of halogens is 1. The zero-order valence-corrected chi connectivity index (χ0v) is 13.4. The van der Waals surface area contributed by atoms with E-state index in [2.05, 4.69) is 4.90 Å². The molecule has 0 atom stereocenters. The molecule has 0 bridgehead atoms. The molecule has 1 saturated heterocycles. The van der Waals surface area contributed by atoms with Crippen molar-refractivity contribution in [3.8, 4) is 0 Å². The SMILES string of the molecule is CN(CCN1CCCC1)S(=O)(=O)c1csc(CCl)c1. The van der Waals surface area contributed by atoms with Crippen LogP contribution in [0, 0.1) is 0 Å². The van der Waals surface area contributed by atoms with E-state index in [4.69, 9.17) is 11.6 Å². The Morgan fingerprint density at radius 3 is 2.68 bits per heavy atom. The van der Waals surface area contributed by atoms with E-state index >= 15 is 0 Å². The fourth-order valence-electron chi connectivity index (χ4n) is 2.15. The number of nitrogens with zero attached hydrogens (tertiary/aromatic N) is 2. The van der Waals surface area contributed by atoms with E-state index in [0.29, 0.717) is 17.3 Å². The Morgan fingerprint density at radius 1 is 1.42 bits per heavy atom. The minimum Gasteiger partial charge on any atom is -0.302 e. The summed E-state index contributed by atoms with van der Waals surface area (Å²) >= 11 is 7.10. The summed E-state index contributed by atoms with van der Waals surface area (Å²) in [5, 5.41) is 1.67. The molecule has 0 N–H and O–H groups in total. The van der Waals surface area contributed by atoms with Crippen LogP contribution in [-0.4, -0.2) is 50.8 Å². The van der Waals surface area contributed by atoms with Gasteiger partial charge in [-0.05, 0) is 32.0 Å². The Kier molecular flexibility index (Phi) is 5.25. The van der Waals surface area contributed by atoms with Gasteiger partial charge >= 0.3 is 0 Å². The maximum absolute atomic E-state index is 12.3. The lowest BCUT2D eigenvalue weighted by molar-refractivity contribution is 0.310. The van der Waals surface area contributed by atoms with Gasteiger partial charge in [-0.1, -0.05) is 0 Å². The van der Waals surface area contributed by atoms with E-state index in [0.717, 1.165) is 24.5 Å². The normalized spacial score (nSPS) is 17.4. The fourth-order valence-corrected chi connectivity index (χ4v) is 4.69. The highest BCUT2D eigenvalue weighted by atomic mass is 35.5. The smallest absolute Gasteiger partial charge is 0.243 e. The van der Waals surface area contributed by atoms with Gasteiger partial charge in [-0.3, -0.25) is 0 Å². The molecule has 0 spiro atoms. The second-order valence-corrected chi connectivity index (χ2v) is 8.07. The Morgan fingerprint density at radius 2 is 2.11 bits per heavy atom. The number of alkyl halides is 1. The molecule has 19 heavy (non-hydrogen) atoms. The number of likely N-dealkylation sites (N-methyl/N-ethyl adjacent to an activating group) is 1. The van der Waals surface area contributed by atoms with Crippen molar-refractivity contribution < 1.29 is 8.42 Å². The van der Waals surface area contributed by atoms with Crippen molar-refractivity contribution in [1.82, 2.24) is 9.21 Å². The number of likely N-dealkylation sites (tertiary alicyclic amines) is 1. The van der Waals surface area contributed by atoms with E-state index < -0.39 is 10.0 Å². The van der Waals surface area contributed by atoms with Crippen LogP contribution in [0.25, 0.3) is 0 Å². The topological polar surface area (TPSA) is 40.6 Å². The van der Waals surface area contributed by atoms with Crippen LogP contribution in [0.4, 0.5) is 0 Å². The van der Waals surface area contributed by atoms with Gasteiger partial charge in [-0.15, -0.1) is 22.9 Å². The van der Waals surface area contributed by atoms with Crippen LogP contribution in [0.5, 0.6) is 0 Å². The monoisotopic (exact) mass is 322 g/mol.